The quantitative estimate of drug-likeness (QED) is 0.328. The molecule has 0 aliphatic heterocycles. The molecular weight excluding hydrogens is 530 g/mol. The number of benzene rings is 1. The van der Waals surface area contributed by atoms with Gasteiger partial charge >= 0.3 is 6.18 Å². The summed E-state index contributed by atoms with van der Waals surface area (Å²) in [5, 5.41) is 3.35. The fourth-order valence-electron chi connectivity index (χ4n) is 3.04. The Balaban J connectivity index is 2.09. The molecule has 12 heteroatoms. The lowest BCUT2D eigenvalue weighted by molar-refractivity contribution is -0.137. The van der Waals surface area contributed by atoms with E-state index >= 15 is 0 Å². The van der Waals surface area contributed by atoms with Crippen LogP contribution in [-0.2, 0) is 16.2 Å². The Hall–Kier alpha value is -2.11. The molecule has 0 fully saturated rings. The third-order valence-corrected chi connectivity index (χ3v) is 8.97. The zero-order valence-corrected chi connectivity index (χ0v) is 21.2. The first-order chi connectivity index (χ1) is 16.0. The normalized spacial score (nSPS) is 12.9. The molecule has 1 N–H and O–H groups in total. The van der Waals surface area contributed by atoms with Crippen LogP contribution in [0, 0.1) is 0 Å². The summed E-state index contributed by atoms with van der Waals surface area (Å²) in [5.74, 6) is 0. The molecule has 0 spiro atoms. The highest BCUT2D eigenvalue weighted by Gasteiger charge is 2.32. The Bertz CT molecular complexity index is 1290. The number of nitrogens with zero attached hydrogens (tertiary/aromatic N) is 2. The maximum Gasteiger partial charge on any atom is 0.417 e. The first-order valence-corrected chi connectivity index (χ1v) is 13.0. The first-order valence-electron chi connectivity index (χ1n) is 10.0. The van der Waals surface area contributed by atoms with Gasteiger partial charge in [-0.05, 0) is 42.5 Å². The third kappa shape index (κ3) is 5.92. The molecule has 2 aromatic heterocycles. The summed E-state index contributed by atoms with van der Waals surface area (Å²) < 4.78 is 66.6. The summed E-state index contributed by atoms with van der Waals surface area (Å²) in [6.45, 7) is 4.09. The zero-order valence-electron chi connectivity index (χ0n) is 18.0. The summed E-state index contributed by atoms with van der Waals surface area (Å²) in [7, 11) is -3.72. The molecule has 34 heavy (non-hydrogen) atoms. The second-order valence-electron chi connectivity index (χ2n) is 6.97. The smallest absolute Gasteiger partial charge is 0.361 e. The first kappa shape index (κ1) is 26.5. The maximum absolute atomic E-state index is 13.1. The molecule has 0 atom stereocenters. The van der Waals surface area contributed by atoms with Gasteiger partial charge in [-0.2, -0.15) is 17.5 Å². The Labute approximate surface area is 209 Å². The molecule has 5 nitrogen and oxygen atoms in total. The lowest BCUT2D eigenvalue weighted by Crippen LogP contribution is -2.29. The van der Waals surface area contributed by atoms with Gasteiger partial charge in [-0.15, -0.1) is 11.3 Å². The minimum absolute atomic E-state index is 0.0739. The Morgan fingerprint density at radius 3 is 2.32 bits per heavy atom. The predicted molar refractivity (Wildman–Crippen MR) is 131 cm³/mol. The Kier molecular flexibility index (Phi) is 8.30. The van der Waals surface area contributed by atoms with Gasteiger partial charge in [0.1, 0.15) is 4.21 Å². The molecule has 0 amide bonds. The van der Waals surface area contributed by atoms with Crippen LogP contribution in [0.25, 0.3) is 5.57 Å². The molecule has 0 aliphatic rings. The molecule has 0 bridgehead atoms. The Morgan fingerprint density at radius 1 is 1.12 bits per heavy atom. The van der Waals surface area contributed by atoms with E-state index in [1.54, 1.807) is 44.2 Å². The highest BCUT2D eigenvalue weighted by molar-refractivity contribution is 7.91. The van der Waals surface area contributed by atoms with E-state index in [0.717, 1.165) is 17.4 Å². The molecule has 0 saturated carbocycles. The second-order valence-corrected chi connectivity index (χ2v) is 11.1. The molecule has 0 radical (unpaired) electrons. The van der Waals surface area contributed by atoms with Gasteiger partial charge in [0.2, 0.25) is 0 Å². The van der Waals surface area contributed by atoms with Gasteiger partial charge in [-0.1, -0.05) is 37.0 Å². The van der Waals surface area contributed by atoms with Crippen LogP contribution in [-0.4, -0.2) is 30.8 Å². The molecule has 0 unspecified atom stereocenters. The van der Waals surface area contributed by atoms with E-state index in [-0.39, 0.29) is 14.9 Å². The van der Waals surface area contributed by atoms with Crippen molar-refractivity contribution in [2.75, 3.05) is 18.4 Å². The van der Waals surface area contributed by atoms with Crippen LogP contribution in [0.5, 0.6) is 0 Å². The lowest BCUT2D eigenvalue weighted by atomic mass is 10.1. The lowest BCUT2D eigenvalue weighted by Gasteiger charge is -2.16. The topological polar surface area (TPSA) is 62.3 Å². The molecule has 182 valence electrons. The van der Waals surface area contributed by atoms with E-state index in [1.165, 1.54) is 16.6 Å². The van der Waals surface area contributed by atoms with Crippen LogP contribution >= 0.6 is 34.5 Å². The van der Waals surface area contributed by atoms with Crippen molar-refractivity contribution < 1.29 is 21.6 Å². The summed E-state index contributed by atoms with van der Waals surface area (Å²) in [6, 6.07) is 10.6. The number of sulfonamides is 1. The van der Waals surface area contributed by atoms with E-state index in [0.29, 0.717) is 40.4 Å². The second kappa shape index (κ2) is 10.7. The average Bonchev–Trinajstić information content (AvgIpc) is 3.27. The molecule has 0 saturated heterocycles. The minimum atomic E-state index is -4.60. The summed E-state index contributed by atoms with van der Waals surface area (Å²) in [5.41, 5.74) is 0.0733. The van der Waals surface area contributed by atoms with Crippen molar-refractivity contribution in [1.82, 2.24) is 9.29 Å². The van der Waals surface area contributed by atoms with Crippen LogP contribution < -0.4 is 5.32 Å². The number of nitrogens with one attached hydrogen (secondary N) is 1. The van der Waals surface area contributed by atoms with Crippen LogP contribution in [0.3, 0.4) is 0 Å². The van der Waals surface area contributed by atoms with Crippen LogP contribution in [0.15, 0.2) is 59.1 Å². The van der Waals surface area contributed by atoms with E-state index in [4.69, 9.17) is 23.2 Å². The van der Waals surface area contributed by atoms with Gasteiger partial charge < -0.3 is 5.32 Å². The van der Waals surface area contributed by atoms with Gasteiger partial charge in [0.15, 0.2) is 0 Å². The van der Waals surface area contributed by atoms with Crippen LogP contribution in [0.4, 0.5) is 18.9 Å². The van der Waals surface area contributed by atoms with Gasteiger partial charge in [-0.3, -0.25) is 4.98 Å². The maximum atomic E-state index is 13.1. The number of hydrogen-bond donors (Lipinski definition) is 1. The zero-order chi connectivity index (χ0) is 25.1. The average molecular weight is 550 g/mol. The number of pyridine rings is 1. The fourth-order valence-corrected chi connectivity index (χ4v) is 6.37. The van der Waals surface area contributed by atoms with Gasteiger partial charge in [0.05, 0.1) is 16.3 Å². The van der Waals surface area contributed by atoms with E-state index in [2.05, 4.69) is 10.3 Å². The highest BCUT2D eigenvalue weighted by Crippen LogP contribution is 2.37. The van der Waals surface area contributed by atoms with Crippen molar-refractivity contribution in [2.45, 2.75) is 24.2 Å². The monoisotopic (exact) mass is 549 g/mol. The van der Waals surface area contributed by atoms with Crippen LogP contribution in [0.1, 0.15) is 30.0 Å². The SMILES string of the molecule is CCN(CC)S(=O)(=O)c1ccc(/C(=C\Nc2ccc(Cl)cc2)c2ncc(C(F)(F)F)cc2Cl)s1. The highest BCUT2D eigenvalue weighted by atomic mass is 35.5. The molecule has 0 aliphatic carbocycles. The van der Waals surface area contributed by atoms with Crippen molar-refractivity contribution in [3.8, 4) is 0 Å². The van der Waals surface area contributed by atoms with Crippen molar-refractivity contribution >= 4 is 55.8 Å². The Morgan fingerprint density at radius 2 is 1.76 bits per heavy atom. The van der Waals surface area contributed by atoms with E-state index in [9.17, 15) is 21.6 Å². The number of rotatable bonds is 8. The summed E-state index contributed by atoms with van der Waals surface area (Å²) in [4.78, 5) is 4.41. The number of aromatic nitrogens is 1. The number of anilines is 1. The van der Waals surface area contributed by atoms with E-state index < -0.39 is 21.8 Å². The van der Waals surface area contributed by atoms with Crippen molar-refractivity contribution in [3.05, 3.63) is 81.0 Å². The van der Waals surface area contributed by atoms with Gasteiger partial charge in [0, 0.05) is 46.6 Å². The summed E-state index contributed by atoms with van der Waals surface area (Å²) >= 11 is 13.1. The standard InChI is InChI=1S/C22H20Cl2F3N3O2S2/c1-3-30(4-2)34(31,32)20-10-9-19(33-20)17(13-28-16-7-5-15(23)6-8-16)21-18(24)11-14(12-29-21)22(25,26)27/h5-13,28H,3-4H2,1-2H3/b17-13+. The molecule has 2 heterocycles. The predicted octanol–water partition coefficient (Wildman–Crippen LogP) is 7.00. The van der Waals surface area contributed by atoms with Crippen LogP contribution in [0.2, 0.25) is 10.0 Å². The third-order valence-electron chi connectivity index (χ3n) is 4.80. The van der Waals surface area contributed by atoms with Gasteiger partial charge in [0.25, 0.3) is 10.0 Å². The number of alkyl halides is 3. The minimum Gasteiger partial charge on any atom is -0.361 e. The summed E-state index contributed by atoms with van der Waals surface area (Å²) in [6.07, 6.45) is -2.39. The van der Waals surface area contributed by atoms with Crippen molar-refractivity contribution in [3.63, 3.8) is 0 Å². The fraction of sp³-hybridized carbons (Fsp3) is 0.227. The largest absolute Gasteiger partial charge is 0.417 e. The van der Waals surface area contributed by atoms with Crippen molar-refractivity contribution in [1.29, 1.82) is 0 Å². The molecule has 3 rings (SSSR count). The van der Waals surface area contributed by atoms with Gasteiger partial charge in [-0.25, -0.2) is 8.42 Å². The number of thiophene rings is 1. The van der Waals surface area contributed by atoms with E-state index in [1.807, 2.05) is 0 Å². The molecule has 1 aromatic carbocycles. The molecular formula is C22H20Cl2F3N3O2S2. The number of halogens is 5. The number of hydrogen-bond acceptors (Lipinski definition) is 5. The van der Waals surface area contributed by atoms with Crippen molar-refractivity contribution in [2.24, 2.45) is 0 Å². The molecule has 3 aromatic rings.